The van der Waals surface area contributed by atoms with E-state index in [4.69, 9.17) is 5.73 Å². The molecule has 3 aliphatic carbocycles. The molecule has 4 atom stereocenters. The van der Waals surface area contributed by atoms with E-state index in [-0.39, 0.29) is 42.0 Å². The number of nitrogens with one attached hydrogen (secondary N) is 2. The number of H-pyrrole nitrogens is 1. The Labute approximate surface area is 229 Å². The van der Waals surface area contributed by atoms with Crippen LogP contribution >= 0.6 is 0 Å². The SMILES string of the molecule is CN(C)c1cc(NCc2cc[nH]n2)c(O)c2c1C[C@H]1C[C@H]3[C@H](N(C)C)C(O)=C(C(N)=O)C(=O)[C@@]3(O)C(O)=C1C2=O. The Morgan fingerprint density at radius 1 is 1.23 bits per heavy atom. The van der Waals surface area contributed by atoms with Crippen molar-refractivity contribution >= 4 is 28.8 Å². The number of aliphatic hydroxyl groups is 3. The van der Waals surface area contributed by atoms with Gasteiger partial charge < -0.3 is 36.4 Å². The van der Waals surface area contributed by atoms with E-state index in [1.807, 2.05) is 0 Å². The molecule has 212 valence electrons. The second kappa shape index (κ2) is 9.38. The van der Waals surface area contributed by atoms with E-state index < -0.39 is 58.0 Å². The number of hydrogen-bond acceptors (Lipinski definition) is 11. The van der Waals surface area contributed by atoms with E-state index in [1.54, 1.807) is 51.4 Å². The topological polar surface area (TPSA) is 205 Å². The third kappa shape index (κ3) is 3.76. The molecule has 1 amide bonds. The molecule has 0 spiro atoms. The Bertz CT molecular complexity index is 1490. The van der Waals surface area contributed by atoms with Crippen LogP contribution in [0.25, 0.3) is 0 Å². The molecule has 40 heavy (non-hydrogen) atoms. The molecule has 3 aliphatic rings. The Balaban J connectivity index is 1.67. The quantitative estimate of drug-likeness (QED) is 0.194. The molecule has 0 saturated carbocycles. The average molecular weight is 553 g/mol. The second-order valence-corrected chi connectivity index (χ2v) is 10.9. The number of aromatic nitrogens is 2. The number of nitrogens with zero attached hydrogens (tertiary/aromatic N) is 3. The predicted octanol–water partition coefficient (Wildman–Crippen LogP) is 0.522. The minimum absolute atomic E-state index is 0.0263. The van der Waals surface area contributed by atoms with Crippen LogP contribution in [0.3, 0.4) is 0 Å². The zero-order chi connectivity index (χ0) is 29.3. The van der Waals surface area contributed by atoms with Crippen molar-refractivity contribution in [3.63, 3.8) is 0 Å². The number of benzene rings is 1. The summed E-state index contributed by atoms with van der Waals surface area (Å²) in [6.45, 7) is 0.251. The van der Waals surface area contributed by atoms with Crippen LogP contribution in [-0.2, 0) is 22.6 Å². The number of likely N-dealkylation sites (N-methyl/N-ethyl adjacent to an activating group) is 1. The average Bonchev–Trinajstić information content (AvgIpc) is 3.39. The number of aliphatic hydroxyl groups excluding tert-OH is 2. The lowest BCUT2D eigenvalue weighted by Gasteiger charge is -2.50. The number of Topliss-reactive ketones (excluding diaryl/α,β-unsaturated/α-hetero) is 2. The van der Waals surface area contributed by atoms with E-state index in [9.17, 15) is 34.8 Å². The first-order chi connectivity index (χ1) is 18.8. The van der Waals surface area contributed by atoms with Gasteiger partial charge in [-0.1, -0.05) is 0 Å². The number of fused-ring (bicyclic) bond motifs is 3. The fourth-order valence-corrected chi connectivity index (χ4v) is 6.41. The summed E-state index contributed by atoms with van der Waals surface area (Å²) in [5, 5.41) is 55.2. The van der Waals surface area contributed by atoms with Crippen molar-refractivity contribution in [2.45, 2.75) is 31.0 Å². The van der Waals surface area contributed by atoms with Crippen molar-refractivity contribution in [1.29, 1.82) is 0 Å². The van der Waals surface area contributed by atoms with E-state index in [2.05, 4.69) is 15.5 Å². The number of ketones is 2. The van der Waals surface area contributed by atoms with Crippen LogP contribution in [0.5, 0.6) is 5.75 Å². The van der Waals surface area contributed by atoms with Gasteiger partial charge in [0.25, 0.3) is 5.91 Å². The van der Waals surface area contributed by atoms with Gasteiger partial charge in [0.2, 0.25) is 5.78 Å². The van der Waals surface area contributed by atoms with Crippen LogP contribution in [0.1, 0.15) is 28.0 Å². The zero-order valence-corrected chi connectivity index (χ0v) is 22.5. The van der Waals surface area contributed by atoms with E-state index in [1.165, 1.54) is 4.90 Å². The number of carbonyl (C=O) groups excluding carboxylic acids is 3. The largest absolute Gasteiger partial charge is 0.510 e. The molecule has 2 aromatic rings. The molecule has 1 heterocycles. The number of amides is 1. The Morgan fingerprint density at radius 3 is 2.50 bits per heavy atom. The highest BCUT2D eigenvalue weighted by atomic mass is 16.3. The lowest BCUT2D eigenvalue weighted by atomic mass is 9.58. The van der Waals surface area contributed by atoms with Gasteiger partial charge in [0.15, 0.2) is 11.4 Å². The molecule has 13 nitrogen and oxygen atoms in total. The second-order valence-electron chi connectivity index (χ2n) is 10.9. The van der Waals surface area contributed by atoms with Gasteiger partial charge in [0, 0.05) is 37.5 Å². The first-order valence-corrected chi connectivity index (χ1v) is 12.7. The van der Waals surface area contributed by atoms with Gasteiger partial charge in [-0.2, -0.15) is 5.10 Å². The monoisotopic (exact) mass is 552 g/mol. The molecule has 0 fully saturated rings. The molecule has 0 radical (unpaired) electrons. The summed E-state index contributed by atoms with van der Waals surface area (Å²) in [5.41, 5.74) is 3.74. The maximum absolute atomic E-state index is 14.0. The molecule has 0 saturated heterocycles. The zero-order valence-electron chi connectivity index (χ0n) is 22.5. The van der Waals surface area contributed by atoms with Gasteiger partial charge in [-0.25, -0.2) is 0 Å². The molecule has 0 bridgehead atoms. The summed E-state index contributed by atoms with van der Waals surface area (Å²) in [5.74, 6) is -6.84. The van der Waals surface area contributed by atoms with E-state index in [0.717, 1.165) is 0 Å². The first kappa shape index (κ1) is 27.2. The van der Waals surface area contributed by atoms with E-state index >= 15 is 0 Å². The third-order valence-electron chi connectivity index (χ3n) is 8.20. The van der Waals surface area contributed by atoms with Gasteiger partial charge in [-0.15, -0.1) is 0 Å². The number of hydrogen-bond donors (Lipinski definition) is 7. The predicted molar refractivity (Wildman–Crippen MR) is 144 cm³/mol. The molecule has 0 unspecified atom stereocenters. The number of allylic oxidation sites excluding steroid dienone is 1. The molecule has 5 rings (SSSR count). The normalized spacial score (nSPS) is 26.0. The maximum Gasteiger partial charge on any atom is 0.255 e. The molecule has 1 aromatic heterocycles. The van der Waals surface area contributed by atoms with Gasteiger partial charge in [0.1, 0.15) is 22.8 Å². The van der Waals surface area contributed by atoms with Crippen molar-refractivity contribution in [3.8, 4) is 5.75 Å². The molecular weight excluding hydrogens is 520 g/mol. The van der Waals surface area contributed by atoms with Gasteiger partial charge in [0.05, 0.1) is 29.5 Å². The van der Waals surface area contributed by atoms with Crippen molar-refractivity contribution in [3.05, 3.63) is 57.8 Å². The van der Waals surface area contributed by atoms with Crippen LogP contribution in [0.4, 0.5) is 11.4 Å². The lowest BCUT2D eigenvalue weighted by Crippen LogP contribution is -2.63. The Hall–Kier alpha value is -4.36. The Kier molecular flexibility index (Phi) is 6.38. The van der Waals surface area contributed by atoms with Crippen LogP contribution in [0, 0.1) is 11.8 Å². The molecule has 8 N–H and O–H groups in total. The van der Waals surface area contributed by atoms with Crippen LogP contribution < -0.4 is 16.0 Å². The fraction of sp³-hybridized carbons (Fsp3) is 0.407. The highest BCUT2D eigenvalue weighted by Gasteiger charge is 2.63. The maximum atomic E-state index is 14.0. The highest BCUT2D eigenvalue weighted by Crippen LogP contribution is 2.53. The number of aromatic hydroxyl groups is 1. The van der Waals surface area contributed by atoms with Gasteiger partial charge in [-0.05, 0) is 50.6 Å². The molecular formula is C27H32N6O7. The minimum atomic E-state index is -2.68. The first-order valence-electron chi connectivity index (χ1n) is 12.7. The number of phenols is 1. The van der Waals surface area contributed by atoms with Crippen molar-refractivity contribution in [1.82, 2.24) is 15.1 Å². The van der Waals surface area contributed by atoms with Crippen molar-refractivity contribution in [2.24, 2.45) is 17.6 Å². The number of primary amides is 1. The summed E-state index contributed by atoms with van der Waals surface area (Å²) in [6.07, 6.45) is 1.88. The third-order valence-corrected chi connectivity index (χ3v) is 8.20. The number of nitrogens with two attached hydrogens (primary N) is 1. The van der Waals surface area contributed by atoms with Crippen LogP contribution in [0.15, 0.2) is 41.0 Å². The number of anilines is 2. The molecule has 0 aliphatic heterocycles. The van der Waals surface area contributed by atoms with E-state index in [0.29, 0.717) is 16.9 Å². The summed E-state index contributed by atoms with van der Waals surface area (Å²) in [6, 6.07) is 2.44. The minimum Gasteiger partial charge on any atom is -0.510 e. The van der Waals surface area contributed by atoms with Crippen molar-refractivity contribution < 1.29 is 34.8 Å². The summed E-state index contributed by atoms with van der Waals surface area (Å²) < 4.78 is 0. The van der Waals surface area contributed by atoms with Gasteiger partial charge >= 0.3 is 0 Å². The number of aromatic amines is 1. The van der Waals surface area contributed by atoms with Crippen LogP contribution in [0.2, 0.25) is 0 Å². The number of carbonyl (C=O) groups is 3. The summed E-state index contributed by atoms with van der Waals surface area (Å²) in [4.78, 5) is 42.9. The van der Waals surface area contributed by atoms with Crippen LogP contribution in [-0.4, -0.2) is 92.8 Å². The summed E-state index contributed by atoms with van der Waals surface area (Å²) >= 11 is 0. The standard InChI is InChI=1S/C27H32N6O7/c1-32(2)16-9-15(29-10-12-5-6-30-31-12)21(34)18-13(16)7-11-8-14-20(33(3)4)23(36)19(26(28)39)25(38)27(14,40)24(37)17(11)22(18)35/h5-6,9,11,14,20,29,34,36-37,40H,7-8,10H2,1-4H3,(H2,28,39)(H,30,31)/t11-,14-,20-,27-/m0/s1. The smallest absolute Gasteiger partial charge is 0.255 e. The highest BCUT2D eigenvalue weighted by molar-refractivity contribution is 6.25. The van der Waals surface area contributed by atoms with Crippen molar-refractivity contribution in [2.75, 3.05) is 38.4 Å². The number of rotatable bonds is 6. The summed E-state index contributed by atoms with van der Waals surface area (Å²) in [7, 11) is 6.78. The van der Waals surface area contributed by atoms with Gasteiger partial charge in [-0.3, -0.25) is 24.4 Å². The molecule has 1 aromatic carbocycles. The molecule has 13 heteroatoms. The number of phenolic OH excluding ortho intramolecular Hbond substituents is 1. The lowest BCUT2D eigenvalue weighted by molar-refractivity contribution is -0.148. The Morgan fingerprint density at radius 2 is 1.93 bits per heavy atom. The fourth-order valence-electron chi connectivity index (χ4n) is 6.41.